The number of rotatable bonds is 5. The van der Waals surface area contributed by atoms with Crippen molar-refractivity contribution in [3.8, 4) is 0 Å². The number of benzene rings is 2. The molecule has 2 aromatic carbocycles. The van der Waals surface area contributed by atoms with Crippen LogP contribution in [0.15, 0.2) is 48.5 Å². The van der Waals surface area contributed by atoms with E-state index in [4.69, 9.17) is 0 Å². The van der Waals surface area contributed by atoms with E-state index in [-0.39, 0.29) is 6.54 Å². The zero-order chi connectivity index (χ0) is 18.8. The molecule has 1 fully saturated rings. The molecule has 0 bridgehead atoms. The summed E-state index contributed by atoms with van der Waals surface area (Å²) in [5.74, 6) is -1.50. The summed E-state index contributed by atoms with van der Waals surface area (Å²) in [7, 11) is 0. The first-order valence-electron chi connectivity index (χ1n) is 8.03. The van der Waals surface area contributed by atoms with Gasteiger partial charge in [0.05, 0.1) is 5.69 Å². The summed E-state index contributed by atoms with van der Waals surface area (Å²) in [4.78, 5) is 39.4. The van der Waals surface area contributed by atoms with Crippen molar-refractivity contribution >= 4 is 40.3 Å². The quantitative estimate of drug-likeness (QED) is 0.869. The van der Waals surface area contributed by atoms with E-state index in [1.165, 1.54) is 4.90 Å². The molecule has 26 heavy (non-hydrogen) atoms. The molecule has 1 aliphatic heterocycles. The number of hydrogen-bond donors (Lipinski definition) is 1. The summed E-state index contributed by atoms with van der Waals surface area (Å²) in [6, 6.07) is 14.3. The summed E-state index contributed by atoms with van der Waals surface area (Å²) in [5.41, 5.74) is 2.96. The van der Waals surface area contributed by atoms with Crippen LogP contribution in [0.3, 0.4) is 0 Å². The summed E-state index contributed by atoms with van der Waals surface area (Å²) < 4.78 is 0. The van der Waals surface area contributed by atoms with E-state index in [1.54, 1.807) is 36.4 Å². The van der Waals surface area contributed by atoms with Crippen LogP contribution in [0.25, 0.3) is 0 Å². The predicted molar refractivity (Wildman–Crippen MR) is 102 cm³/mol. The lowest BCUT2D eigenvalue weighted by molar-refractivity contribution is -0.135. The Morgan fingerprint density at radius 2 is 1.77 bits per heavy atom. The van der Waals surface area contributed by atoms with Crippen LogP contribution in [-0.4, -0.2) is 34.1 Å². The van der Waals surface area contributed by atoms with Crippen LogP contribution in [0.5, 0.6) is 0 Å². The minimum atomic E-state index is -1.07. The van der Waals surface area contributed by atoms with Crippen molar-refractivity contribution in [2.75, 3.05) is 16.3 Å². The Labute approximate surface area is 155 Å². The number of imide groups is 1. The van der Waals surface area contributed by atoms with E-state index >= 15 is 0 Å². The first kappa shape index (κ1) is 18.0. The van der Waals surface area contributed by atoms with Crippen LogP contribution in [-0.2, 0) is 9.59 Å². The SMILES string of the molecule is Cc1cccc(N2C(=O)S[C@@H](N(CC(=O)O)c3cccc(C)c3)C2=O)c1. The fraction of sp³-hybridized carbons (Fsp3) is 0.211. The highest BCUT2D eigenvalue weighted by atomic mass is 32.2. The Balaban J connectivity index is 1.96. The number of thioether (sulfide) groups is 1. The highest BCUT2D eigenvalue weighted by molar-refractivity contribution is 8.16. The van der Waals surface area contributed by atoms with Gasteiger partial charge in [-0.3, -0.25) is 14.4 Å². The molecule has 1 aliphatic rings. The standard InChI is InChI=1S/C19H18N2O4S/c1-12-5-3-7-14(9-12)20(11-16(22)23)18-17(24)21(19(25)26-18)15-8-4-6-13(2)10-15/h3-10,18H,11H2,1-2H3,(H,22,23)/t18-/m1/s1. The summed E-state index contributed by atoms with van der Waals surface area (Å²) in [6.45, 7) is 3.39. The van der Waals surface area contributed by atoms with E-state index in [9.17, 15) is 19.5 Å². The highest BCUT2D eigenvalue weighted by Gasteiger charge is 2.44. The predicted octanol–water partition coefficient (Wildman–Crippen LogP) is 3.42. The third-order valence-electron chi connectivity index (χ3n) is 4.01. The molecule has 0 radical (unpaired) electrons. The fourth-order valence-corrected chi connectivity index (χ4v) is 3.88. The Morgan fingerprint density at radius 1 is 1.12 bits per heavy atom. The monoisotopic (exact) mass is 370 g/mol. The molecule has 1 saturated heterocycles. The second kappa shape index (κ2) is 7.21. The Hall–Kier alpha value is -2.80. The topological polar surface area (TPSA) is 77.9 Å². The lowest BCUT2D eigenvalue weighted by atomic mass is 10.2. The van der Waals surface area contributed by atoms with E-state index in [2.05, 4.69) is 0 Å². The van der Waals surface area contributed by atoms with Gasteiger partial charge < -0.3 is 10.0 Å². The molecule has 0 aromatic heterocycles. The molecule has 0 aliphatic carbocycles. The number of amides is 2. The van der Waals surface area contributed by atoms with Gasteiger partial charge >= 0.3 is 5.97 Å². The zero-order valence-electron chi connectivity index (χ0n) is 14.4. The number of nitrogens with zero attached hydrogens (tertiary/aromatic N) is 2. The number of carbonyl (C=O) groups is 3. The van der Waals surface area contributed by atoms with Crippen molar-refractivity contribution < 1.29 is 19.5 Å². The maximum Gasteiger partial charge on any atom is 0.323 e. The van der Waals surface area contributed by atoms with Gasteiger partial charge in [0.15, 0.2) is 5.37 Å². The van der Waals surface area contributed by atoms with Gasteiger partial charge in [0.25, 0.3) is 11.1 Å². The van der Waals surface area contributed by atoms with E-state index in [1.807, 2.05) is 26.0 Å². The molecule has 0 spiro atoms. The van der Waals surface area contributed by atoms with Crippen molar-refractivity contribution in [2.45, 2.75) is 19.2 Å². The molecule has 1 N–H and O–H groups in total. The smallest absolute Gasteiger partial charge is 0.323 e. The minimum Gasteiger partial charge on any atom is -0.480 e. The number of aliphatic carboxylic acids is 1. The lowest BCUT2D eigenvalue weighted by Crippen LogP contribution is -2.44. The molecule has 7 heteroatoms. The van der Waals surface area contributed by atoms with Crippen molar-refractivity contribution in [1.29, 1.82) is 0 Å². The Bertz CT molecular complexity index is 883. The van der Waals surface area contributed by atoms with Gasteiger partial charge in [-0.2, -0.15) is 0 Å². The van der Waals surface area contributed by atoms with E-state index in [0.717, 1.165) is 27.8 Å². The van der Waals surface area contributed by atoms with Gasteiger partial charge in [-0.25, -0.2) is 4.90 Å². The van der Waals surface area contributed by atoms with Crippen LogP contribution in [0.2, 0.25) is 0 Å². The minimum absolute atomic E-state index is 0.373. The third-order valence-corrected chi connectivity index (χ3v) is 5.07. The molecular formula is C19H18N2O4S. The van der Waals surface area contributed by atoms with Gasteiger partial charge in [-0.05, 0) is 61.0 Å². The fourth-order valence-electron chi connectivity index (χ4n) is 2.86. The van der Waals surface area contributed by atoms with Gasteiger partial charge in [0.1, 0.15) is 6.54 Å². The molecule has 3 rings (SSSR count). The summed E-state index contributed by atoms with van der Waals surface area (Å²) >= 11 is 0.833. The lowest BCUT2D eigenvalue weighted by Gasteiger charge is -2.27. The Morgan fingerprint density at radius 3 is 2.38 bits per heavy atom. The van der Waals surface area contributed by atoms with Crippen LogP contribution < -0.4 is 9.80 Å². The molecule has 1 heterocycles. The van der Waals surface area contributed by atoms with Crippen molar-refractivity contribution in [3.63, 3.8) is 0 Å². The summed E-state index contributed by atoms with van der Waals surface area (Å²) in [6.07, 6.45) is 0. The van der Waals surface area contributed by atoms with Crippen LogP contribution in [0, 0.1) is 13.8 Å². The molecular weight excluding hydrogens is 352 g/mol. The first-order valence-corrected chi connectivity index (χ1v) is 8.91. The number of aryl methyl sites for hydroxylation is 2. The number of carboxylic acids is 1. The average Bonchev–Trinajstić information content (AvgIpc) is 2.87. The highest BCUT2D eigenvalue weighted by Crippen LogP contribution is 2.36. The molecule has 1 atom stereocenters. The molecule has 134 valence electrons. The van der Waals surface area contributed by atoms with Crippen molar-refractivity contribution in [1.82, 2.24) is 0 Å². The second-order valence-corrected chi connectivity index (χ2v) is 7.14. The molecule has 2 amide bonds. The average molecular weight is 370 g/mol. The first-order chi connectivity index (χ1) is 12.4. The number of hydrogen-bond acceptors (Lipinski definition) is 5. The van der Waals surface area contributed by atoms with Crippen LogP contribution >= 0.6 is 11.8 Å². The number of carboxylic acid groups (broad SMARTS) is 1. The molecule has 0 unspecified atom stereocenters. The maximum absolute atomic E-state index is 13.0. The van der Waals surface area contributed by atoms with Crippen molar-refractivity contribution in [3.05, 3.63) is 59.7 Å². The normalized spacial score (nSPS) is 16.8. The van der Waals surface area contributed by atoms with Gasteiger partial charge in [0, 0.05) is 5.69 Å². The third kappa shape index (κ3) is 3.57. The second-order valence-electron chi connectivity index (χ2n) is 6.11. The van der Waals surface area contributed by atoms with Crippen LogP contribution in [0.4, 0.5) is 16.2 Å². The molecule has 2 aromatic rings. The molecule has 6 nitrogen and oxygen atoms in total. The van der Waals surface area contributed by atoms with E-state index in [0.29, 0.717) is 11.4 Å². The van der Waals surface area contributed by atoms with Gasteiger partial charge in [-0.1, -0.05) is 24.3 Å². The maximum atomic E-state index is 13.0. The number of anilines is 2. The number of carbonyl (C=O) groups excluding carboxylic acids is 2. The molecule has 0 saturated carbocycles. The van der Waals surface area contributed by atoms with Crippen LogP contribution in [0.1, 0.15) is 11.1 Å². The Kier molecular flexibility index (Phi) is 4.99. The van der Waals surface area contributed by atoms with Crippen molar-refractivity contribution in [2.24, 2.45) is 0 Å². The van der Waals surface area contributed by atoms with E-state index < -0.39 is 22.5 Å². The largest absolute Gasteiger partial charge is 0.480 e. The van der Waals surface area contributed by atoms with Gasteiger partial charge in [0.2, 0.25) is 0 Å². The van der Waals surface area contributed by atoms with Gasteiger partial charge in [-0.15, -0.1) is 0 Å². The summed E-state index contributed by atoms with van der Waals surface area (Å²) in [5, 5.41) is 7.96. The zero-order valence-corrected chi connectivity index (χ0v) is 15.2.